The summed E-state index contributed by atoms with van der Waals surface area (Å²) >= 11 is 0. The van der Waals surface area contributed by atoms with Gasteiger partial charge in [-0.25, -0.2) is 9.59 Å². The molecule has 0 rings (SSSR count). The molecule has 4 nitrogen and oxygen atoms in total. The minimum absolute atomic E-state index is 0.199. The lowest BCUT2D eigenvalue weighted by Crippen LogP contribution is -2.58. The van der Waals surface area contributed by atoms with E-state index in [-0.39, 0.29) is 11.1 Å². The lowest BCUT2D eigenvalue weighted by atomic mass is 9.92. The molecule has 0 aromatic heterocycles. The minimum atomic E-state index is -6.55. The van der Waals surface area contributed by atoms with Gasteiger partial charge in [0.15, 0.2) is 0 Å². The van der Waals surface area contributed by atoms with E-state index >= 15 is 0 Å². The quantitative estimate of drug-likeness (QED) is 0.354. The van der Waals surface area contributed by atoms with Crippen molar-refractivity contribution >= 4 is 11.9 Å². The predicted molar refractivity (Wildman–Crippen MR) is 75.6 cm³/mol. The van der Waals surface area contributed by atoms with Crippen molar-refractivity contribution in [3.05, 3.63) is 24.3 Å². The summed E-state index contributed by atoms with van der Waals surface area (Å²) in [5.41, 5.74) is -0.533. The molecule has 150 valence electrons. The normalized spacial score (nSPS) is 15.0. The summed E-state index contributed by atoms with van der Waals surface area (Å²) in [6.45, 7) is 7.69. The molecule has 0 fully saturated rings. The topological polar surface area (TPSA) is 52.6 Å². The summed E-state index contributed by atoms with van der Waals surface area (Å²) in [6.07, 6.45) is -8.85. The number of halogens is 7. The van der Waals surface area contributed by atoms with Crippen molar-refractivity contribution in [2.45, 2.75) is 44.9 Å². The third-order valence-corrected chi connectivity index (χ3v) is 3.24. The van der Waals surface area contributed by atoms with Crippen molar-refractivity contribution in [1.29, 1.82) is 0 Å². The fourth-order valence-electron chi connectivity index (χ4n) is 1.51. The SMILES string of the molecule is C=C(C)C(=O)OCC(OC(=O)C(=C)C)C(C)C(F)(F)C(F)(F)C(F)(F)F. The first-order valence-corrected chi connectivity index (χ1v) is 6.98. The standard InChI is InChI=1S/C15H17F7O4/c1-7(2)11(23)25-6-10(26-12(24)8(3)4)9(5)13(16,17)14(18,19)15(20,21)22/h9-10H,1,3,6H2,2,4-5H3. The molecule has 0 aromatic carbocycles. The summed E-state index contributed by atoms with van der Waals surface area (Å²) in [5, 5.41) is 0. The maximum absolute atomic E-state index is 13.8. The van der Waals surface area contributed by atoms with Crippen LogP contribution in [0.1, 0.15) is 20.8 Å². The summed E-state index contributed by atoms with van der Waals surface area (Å²) < 4.78 is 99.9. The Morgan fingerprint density at radius 3 is 1.69 bits per heavy atom. The van der Waals surface area contributed by atoms with E-state index in [4.69, 9.17) is 0 Å². The van der Waals surface area contributed by atoms with Crippen LogP contribution in [-0.2, 0) is 19.1 Å². The molecular weight excluding hydrogens is 377 g/mol. The lowest BCUT2D eigenvalue weighted by Gasteiger charge is -2.35. The highest BCUT2D eigenvalue weighted by molar-refractivity contribution is 5.87. The van der Waals surface area contributed by atoms with Gasteiger partial charge in [-0.15, -0.1) is 0 Å². The van der Waals surface area contributed by atoms with Gasteiger partial charge in [0, 0.05) is 11.1 Å². The van der Waals surface area contributed by atoms with Gasteiger partial charge in [0.2, 0.25) is 0 Å². The fraction of sp³-hybridized carbons (Fsp3) is 0.600. The van der Waals surface area contributed by atoms with E-state index in [2.05, 4.69) is 22.6 Å². The van der Waals surface area contributed by atoms with Crippen molar-refractivity contribution in [3.8, 4) is 0 Å². The van der Waals surface area contributed by atoms with Gasteiger partial charge in [0.1, 0.15) is 12.7 Å². The van der Waals surface area contributed by atoms with Gasteiger partial charge in [-0.05, 0) is 13.8 Å². The largest absolute Gasteiger partial charge is 0.459 e. The van der Waals surface area contributed by atoms with Crippen LogP contribution < -0.4 is 0 Å². The second kappa shape index (κ2) is 8.09. The van der Waals surface area contributed by atoms with Crippen LogP contribution in [0, 0.1) is 5.92 Å². The van der Waals surface area contributed by atoms with Crippen LogP contribution in [0.15, 0.2) is 24.3 Å². The minimum Gasteiger partial charge on any atom is -0.458 e. The molecule has 0 bridgehead atoms. The van der Waals surface area contributed by atoms with Crippen molar-refractivity contribution in [2.24, 2.45) is 5.92 Å². The van der Waals surface area contributed by atoms with E-state index in [0.717, 1.165) is 6.92 Å². The average molecular weight is 394 g/mol. The highest BCUT2D eigenvalue weighted by Gasteiger charge is 2.75. The fourth-order valence-corrected chi connectivity index (χ4v) is 1.51. The van der Waals surface area contributed by atoms with Crippen LogP contribution in [0.4, 0.5) is 30.7 Å². The summed E-state index contributed by atoms with van der Waals surface area (Å²) in [6, 6.07) is 0. The Labute approximate surface area is 144 Å². The molecular formula is C15H17F7O4. The van der Waals surface area contributed by atoms with Crippen LogP contribution in [0.5, 0.6) is 0 Å². The van der Waals surface area contributed by atoms with Gasteiger partial charge in [-0.2, -0.15) is 30.7 Å². The maximum Gasteiger partial charge on any atom is 0.459 e. The third-order valence-electron chi connectivity index (χ3n) is 3.24. The van der Waals surface area contributed by atoms with Crippen LogP contribution >= 0.6 is 0 Å². The summed E-state index contributed by atoms with van der Waals surface area (Å²) in [4.78, 5) is 22.8. The van der Waals surface area contributed by atoms with Gasteiger partial charge in [-0.1, -0.05) is 20.1 Å². The highest BCUT2D eigenvalue weighted by Crippen LogP contribution is 2.50. The first-order chi connectivity index (χ1) is 11.5. The lowest BCUT2D eigenvalue weighted by molar-refractivity contribution is -0.369. The molecule has 11 heteroatoms. The van der Waals surface area contributed by atoms with E-state index < -0.39 is 48.6 Å². The first kappa shape index (κ1) is 23.9. The van der Waals surface area contributed by atoms with E-state index in [1.54, 1.807) is 0 Å². The second-order valence-electron chi connectivity index (χ2n) is 5.59. The van der Waals surface area contributed by atoms with Crippen molar-refractivity contribution in [3.63, 3.8) is 0 Å². The van der Waals surface area contributed by atoms with E-state index in [1.807, 2.05) is 0 Å². The second-order valence-corrected chi connectivity index (χ2v) is 5.59. The number of hydrogen-bond donors (Lipinski definition) is 0. The number of alkyl halides is 7. The van der Waals surface area contributed by atoms with E-state index in [1.165, 1.54) is 6.92 Å². The zero-order chi connectivity index (χ0) is 21.1. The van der Waals surface area contributed by atoms with E-state index in [9.17, 15) is 40.3 Å². The summed E-state index contributed by atoms with van der Waals surface area (Å²) in [7, 11) is 0. The Kier molecular flexibility index (Phi) is 7.44. The Bertz CT molecular complexity index is 581. The van der Waals surface area contributed by atoms with Crippen molar-refractivity contribution in [1.82, 2.24) is 0 Å². The predicted octanol–water partition coefficient (Wildman–Crippen LogP) is 4.06. The summed E-state index contributed by atoms with van der Waals surface area (Å²) in [5.74, 6) is -17.4. The Balaban J connectivity index is 5.70. The molecule has 0 N–H and O–H groups in total. The molecule has 0 spiro atoms. The molecule has 0 amide bonds. The smallest absolute Gasteiger partial charge is 0.458 e. The molecule has 0 aliphatic heterocycles. The molecule has 0 aromatic rings. The third kappa shape index (κ3) is 5.21. The monoisotopic (exact) mass is 394 g/mol. The van der Waals surface area contributed by atoms with Gasteiger partial charge >= 0.3 is 30.0 Å². The molecule has 2 atom stereocenters. The number of hydrogen-bond acceptors (Lipinski definition) is 4. The van der Waals surface area contributed by atoms with Crippen LogP contribution in [0.3, 0.4) is 0 Å². The van der Waals surface area contributed by atoms with Gasteiger partial charge in [-0.3, -0.25) is 0 Å². The van der Waals surface area contributed by atoms with Gasteiger partial charge in [0.05, 0.1) is 5.92 Å². The van der Waals surface area contributed by atoms with Crippen LogP contribution in [-0.4, -0.2) is 42.7 Å². The van der Waals surface area contributed by atoms with Crippen LogP contribution in [0.25, 0.3) is 0 Å². The molecule has 0 aliphatic carbocycles. The number of carbonyl (C=O) groups is 2. The molecule has 0 saturated heterocycles. The zero-order valence-corrected chi connectivity index (χ0v) is 14.1. The Morgan fingerprint density at radius 2 is 1.35 bits per heavy atom. The van der Waals surface area contributed by atoms with Crippen molar-refractivity contribution < 1.29 is 49.8 Å². The maximum atomic E-state index is 13.8. The van der Waals surface area contributed by atoms with Gasteiger partial charge in [0.25, 0.3) is 0 Å². The number of esters is 2. The van der Waals surface area contributed by atoms with Gasteiger partial charge < -0.3 is 9.47 Å². The molecule has 2 unspecified atom stereocenters. The number of rotatable bonds is 8. The molecule has 0 aliphatic rings. The molecule has 0 heterocycles. The molecule has 0 radical (unpaired) electrons. The average Bonchev–Trinajstić information content (AvgIpc) is 2.48. The number of carbonyl (C=O) groups excluding carboxylic acids is 2. The molecule has 26 heavy (non-hydrogen) atoms. The van der Waals surface area contributed by atoms with E-state index in [0.29, 0.717) is 6.92 Å². The Morgan fingerprint density at radius 1 is 0.923 bits per heavy atom. The van der Waals surface area contributed by atoms with Crippen LogP contribution in [0.2, 0.25) is 0 Å². The Hall–Kier alpha value is -2.07. The zero-order valence-electron chi connectivity index (χ0n) is 14.1. The molecule has 0 saturated carbocycles. The van der Waals surface area contributed by atoms with Crippen molar-refractivity contribution in [2.75, 3.05) is 6.61 Å². The highest BCUT2D eigenvalue weighted by atomic mass is 19.4. The first-order valence-electron chi connectivity index (χ1n) is 6.98. The number of ether oxygens (including phenoxy) is 2.